The van der Waals surface area contributed by atoms with E-state index in [2.05, 4.69) is 10.3 Å². The molecule has 0 saturated heterocycles. The Bertz CT molecular complexity index is 1540. The van der Waals surface area contributed by atoms with E-state index in [1.54, 1.807) is 6.92 Å². The van der Waals surface area contributed by atoms with Gasteiger partial charge in [0.25, 0.3) is 11.6 Å². The van der Waals surface area contributed by atoms with Crippen LogP contribution in [0.25, 0.3) is 10.2 Å². The summed E-state index contributed by atoms with van der Waals surface area (Å²) in [6.45, 7) is 1.72. The molecule has 4 rings (SSSR count). The Hall–Kier alpha value is -3.56. The molecule has 3 aromatic rings. The van der Waals surface area contributed by atoms with Crippen LogP contribution in [0.1, 0.15) is 34.1 Å². The molecular formula is C24H24N4O8S3. The third-order valence-corrected chi connectivity index (χ3v) is 8.89. The zero-order valence-electron chi connectivity index (χ0n) is 21.0. The smallest absolute Gasteiger partial charge is 0.341 e. The van der Waals surface area contributed by atoms with E-state index < -0.39 is 22.8 Å². The van der Waals surface area contributed by atoms with E-state index in [1.807, 2.05) is 0 Å². The van der Waals surface area contributed by atoms with Crippen LogP contribution in [0.4, 0.5) is 10.7 Å². The van der Waals surface area contributed by atoms with Gasteiger partial charge in [-0.15, -0.1) is 23.1 Å². The molecule has 1 aromatic carbocycles. The minimum Gasteiger partial charge on any atom is -0.468 e. The second kappa shape index (κ2) is 12.5. The molecule has 0 radical (unpaired) electrons. The lowest BCUT2D eigenvalue weighted by Crippen LogP contribution is -2.23. The summed E-state index contributed by atoms with van der Waals surface area (Å²) in [6, 6.07) is 4.14. The van der Waals surface area contributed by atoms with Crippen LogP contribution >= 0.6 is 34.4 Å². The number of thioether (sulfide) groups is 1. The molecule has 0 bridgehead atoms. The first kappa shape index (κ1) is 28.4. The minimum atomic E-state index is -0.574. The number of nitro groups is 1. The van der Waals surface area contributed by atoms with Crippen molar-refractivity contribution in [2.45, 2.75) is 32.7 Å². The molecule has 0 fully saturated rings. The van der Waals surface area contributed by atoms with E-state index in [-0.39, 0.29) is 41.1 Å². The SMILES string of the molecule is CCOC(=O)c1c(NC(=O)CSCC(=O)N=c2sc3cc([N+](=O)[O-])ccc3n2CC(=O)OC)sc2c1CCC2. The molecule has 2 amide bonds. The van der Waals surface area contributed by atoms with E-state index in [9.17, 15) is 29.3 Å². The standard InChI is InChI=1S/C24H24N4O8S3/c1-3-36-23(32)21-14-5-4-6-16(14)38-22(21)25-18(29)11-37-12-19(30)26-24-27(10-20(31)35-2)15-8-7-13(28(33)34)9-17(15)39-24/h7-9H,3-6,10-12H2,1-2H3,(H,25,29). The van der Waals surface area contributed by atoms with Gasteiger partial charge in [0.2, 0.25) is 5.91 Å². The Kier molecular flexibility index (Phi) is 9.14. The zero-order valence-corrected chi connectivity index (χ0v) is 23.5. The number of carbonyl (C=O) groups is 4. The lowest BCUT2D eigenvalue weighted by molar-refractivity contribution is -0.384. The largest absolute Gasteiger partial charge is 0.468 e. The van der Waals surface area contributed by atoms with Gasteiger partial charge in [0.05, 0.1) is 45.9 Å². The van der Waals surface area contributed by atoms with Crippen LogP contribution in [-0.4, -0.2) is 58.5 Å². The molecule has 206 valence electrons. The highest BCUT2D eigenvalue weighted by molar-refractivity contribution is 8.00. The first-order valence-electron chi connectivity index (χ1n) is 11.8. The summed E-state index contributed by atoms with van der Waals surface area (Å²) in [5.41, 5.74) is 1.72. The summed E-state index contributed by atoms with van der Waals surface area (Å²) in [7, 11) is 1.23. The number of amides is 2. The quantitative estimate of drug-likeness (QED) is 0.212. The molecular weight excluding hydrogens is 568 g/mol. The van der Waals surface area contributed by atoms with Crippen LogP contribution in [0.5, 0.6) is 0 Å². The van der Waals surface area contributed by atoms with Gasteiger partial charge in [0.15, 0.2) is 4.80 Å². The number of hydrogen-bond acceptors (Lipinski definition) is 11. The number of anilines is 1. The Morgan fingerprint density at radius 2 is 2.00 bits per heavy atom. The molecule has 0 aliphatic heterocycles. The van der Waals surface area contributed by atoms with Crippen molar-refractivity contribution in [1.29, 1.82) is 0 Å². The van der Waals surface area contributed by atoms with Crippen LogP contribution in [-0.2, 0) is 43.2 Å². The Labute approximate surface area is 234 Å². The van der Waals surface area contributed by atoms with Gasteiger partial charge in [-0.25, -0.2) is 4.79 Å². The van der Waals surface area contributed by atoms with E-state index in [4.69, 9.17) is 9.47 Å². The highest BCUT2D eigenvalue weighted by Gasteiger charge is 2.28. The zero-order chi connectivity index (χ0) is 28.1. The number of carbonyl (C=O) groups excluding carboxylic acids is 4. The van der Waals surface area contributed by atoms with Crippen molar-refractivity contribution >= 4 is 79.1 Å². The van der Waals surface area contributed by atoms with Gasteiger partial charge in [-0.2, -0.15) is 4.99 Å². The van der Waals surface area contributed by atoms with Crippen LogP contribution in [0.15, 0.2) is 23.2 Å². The van der Waals surface area contributed by atoms with E-state index in [0.29, 0.717) is 20.8 Å². The summed E-state index contributed by atoms with van der Waals surface area (Å²) in [5.74, 6) is -2.11. The number of thiazole rings is 1. The van der Waals surface area contributed by atoms with Gasteiger partial charge in [-0.05, 0) is 37.8 Å². The second-order valence-electron chi connectivity index (χ2n) is 8.28. The maximum Gasteiger partial charge on any atom is 0.341 e. The molecule has 1 N–H and O–H groups in total. The minimum absolute atomic E-state index is 0.0487. The van der Waals surface area contributed by atoms with Crippen LogP contribution in [0, 0.1) is 10.1 Å². The predicted octanol–water partition coefficient (Wildman–Crippen LogP) is 3.31. The van der Waals surface area contributed by atoms with Gasteiger partial charge < -0.3 is 19.4 Å². The van der Waals surface area contributed by atoms with Crippen molar-refractivity contribution in [2.24, 2.45) is 4.99 Å². The molecule has 12 nitrogen and oxygen atoms in total. The first-order valence-corrected chi connectivity index (χ1v) is 14.6. The molecule has 1 aliphatic carbocycles. The Balaban J connectivity index is 1.44. The first-order chi connectivity index (χ1) is 18.7. The number of rotatable bonds is 10. The number of hydrogen-bond donors (Lipinski definition) is 1. The topological polar surface area (TPSA) is 159 Å². The van der Waals surface area contributed by atoms with Crippen molar-refractivity contribution < 1.29 is 33.6 Å². The lowest BCUT2D eigenvalue weighted by atomic mass is 10.1. The second-order valence-corrected chi connectivity index (χ2v) is 11.4. The summed E-state index contributed by atoms with van der Waals surface area (Å²) < 4.78 is 11.8. The normalized spacial score (nSPS) is 12.8. The van der Waals surface area contributed by atoms with E-state index in [1.165, 1.54) is 41.2 Å². The van der Waals surface area contributed by atoms with Crippen LogP contribution in [0.2, 0.25) is 0 Å². The fourth-order valence-electron chi connectivity index (χ4n) is 4.05. The fourth-order valence-corrected chi connectivity index (χ4v) is 7.02. The third kappa shape index (κ3) is 6.54. The summed E-state index contributed by atoms with van der Waals surface area (Å²) in [4.78, 5) is 65.6. The number of aromatic nitrogens is 1. The van der Waals surface area contributed by atoms with E-state index in [0.717, 1.165) is 52.8 Å². The number of nitrogens with zero attached hydrogens (tertiary/aromatic N) is 3. The molecule has 2 aromatic heterocycles. The Morgan fingerprint density at radius 1 is 1.21 bits per heavy atom. The monoisotopic (exact) mass is 592 g/mol. The number of esters is 2. The molecule has 39 heavy (non-hydrogen) atoms. The highest BCUT2D eigenvalue weighted by Crippen LogP contribution is 2.39. The summed E-state index contributed by atoms with van der Waals surface area (Å²) in [6.07, 6.45) is 2.58. The van der Waals surface area contributed by atoms with Crippen molar-refractivity contribution in [3.63, 3.8) is 0 Å². The summed E-state index contributed by atoms with van der Waals surface area (Å²) >= 11 is 3.45. The average molecular weight is 593 g/mol. The van der Waals surface area contributed by atoms with Gasteiger partial charge in [-0.3, -0.25) is 24.5 Å². The average Bonchev–Trinajstić information content (AvgIpc) is 3.56. The molecule has 15 heteroatoms. The molecule has 1 aliphatic rings. The Morgan fingerprint density at radius 3 is 2.72 bits per heavy atom. The summed E-state index contributed by atoms with van der Waals surface area (Å²) in [5, 5.41) is 14.4. The number of thiophene rings is 1. The van der Waals surface area contributed by atoms with Crippen LogP contribution in [0.3, 0.4) is 0 Å². The van der Waals surface area contributed by atoms with Crippen molar-refractivity contribution in [2.75, 3.05) is 30.5 Å². The van der Waals surface area contributed by atoms with Crippen LogP contribution < -0.4 is 10.1 Å². The van der Waals surface area contributed by atoms with Crippen molar-refractivity contribution in [1.82, 2.24) is 4.57 Å². The number of fused-ring (bicyclic) bond motifs is 2. The maximum absolute atomic E-state index is 12.6. The van der Waals surface area contributed by atoms with Crippen molar-refractivity contribution in [3.05, 3.63) is 49.1 Å². The fraction of sp³-hybridized carbons (Fsp3) is 0.375. The lowest BCUT2D eigenvalue weighted by Gasteiger charge is -2.07. The van der Waals surface area contributed by atoms with Gasteiger partial charge in [0.1, 0.15) is 11.5 Å². The number of ether oxygens (including phenoxy) is 2. The number of methoxy groups -OCH3 is 1. The molecule has 0 saturated carbocycles. The van der Waals surface area contributed by atoms with Gasteiger partial charge in [-0.1, -0.05) is 11.3 Å². The van der Waals surface area contributed by atoms with Gasteiger partial charge >= 0.3 is 11.9 Å². The van der Waals surface area contributed by atoms with Crippen molar-refractivity contribution in [3.8, 4) is 0 Å². The molecule has 0 atom stereocenters. The number of nitro benzene ring substituents is 1. The predicted molar refractivity (Wildman–Crippen MR) is 147 cm³/mol. The number of non-ortho nitro benzene ring substituents is 1. The molecule has 0 spiro atoms. The number of aryl methyl sites for hydroxylation is 1. The van der Waals surface area contributed by atoms with Gasteiger partial charge in [0, 0.05) is 17.0 Å². The molecule has 2 heterocycles. The number of nitrogens with one attached hydrogen (secondary N) is 1. The number of benzene rings is 1. The van der Waals surface area contributed by atoms with E-state index >= 15 is 0 Å². The maximum atomic E-state index is 12.6. The third-order valence-electron chi connectivity index (χ3n) is 5.72. The highest BCUT2D eigenvalue weighted by atomic mass is 32.2. The molecule has 0 unspecified atom stereocenters.